The Kier molecular flexibility index (Phi) is 4.18. The third-order valence-electron chi connectivity index (χ3n) is 7.94. The Morgan fingerprint density at radius 1 is 1.22 bits per heavy atom. The predicted octanol–water partition coefficient (Wildman–Crippen LogP) is 5.52. The highest BCUT2D eigenvalue weighted by atomic mass is 16.5. The van der Waals surface area contributed by atoms with E-state index in [1.165, 1.54) is 32.1 Å². The van der Waals surface area contributed by atoms with E-state index in [0.29, 0.717) is 17.3 Å². The summed E-state index contributed by atoms with van der Waals surface area (Å²) < 4.78 is 5.22. The molecule has 0 saturated heterocycles. The number of rotatable bonds is 2. The minimum absolute atomic E-state index is 0.0232. The monoisotopic (exact) mass is 318 g/mol. The average Bonchev–Trinajstić information content (AvgIpc) is 2.53. The lowest BCUT2D eigenvalue weighted by Crippen LogP contribution is -2.54. The molecule has 0 spiro atoms. The van der Waals surface area contributed by atoms with E-state index in [1.807, 2.05) is 0 Å². The zero-order valence-electron chi connectivity index (χ0n) is 15.7. The van der Waals surface area contributed by atoms with Gasteiger partial charge in [0.1, 0.15) is 0 Å². The second kappa shape index (κ2) is 5.63. The summed E-state index contributed by atoms with van der Waals surface area (Å²) in [5.74, 6) is 1.18. The Balaban J connectivity index is 1.96. The summed E-state index contributed by atoms with van der Waals surface area (Å²) in [5.41, 5.74) is 2.10. The van der Waals surface area contributed by atoms with Crippen molar-refractivity contribution in [1.82, 2.24) is 0 Å². The zero-order valence-corrected chi connectivity index (χ0v) is 15.7. The Bertz CT molecular complexity index is 522. The van der Waals surface area contributed by atoms with Gasteiger partial charge in [0.25, 0.3) is 0 Å². The minimum Gasteiger partial charge on any atom is -0.469 e. The lowest BCUT2D eigenvalue weighted by atomic mass is 9.45. The van der Waals surface area contributed by atoms with E-state index in [4.69, 9.17) is 4.74 Å². The van der Waals surface area contributed by atoms with Crippen LogP contribution in [0.3, 0.4) is 0 Å². The molecule has 23 heavy (non-hydrogen) atoms. The summed E-state index contributed by atoms with van der Waals surface area (Å²) in [4.78, 5) is 12.6. The van der Waals surface area contributed by atoms with Crippen LogP contribution in [0.5, 0.6) is 0 Å². The van der Waals surface area contributed by atoms with Crippen LogP contribution in [0.15, 0.2) is 11.6 Å². The quantitative estimate of drug-likeness (QED) is 0.495. The van der Waals surface area contributed by atoms with Crippen molar-refractivity contribution in [3.05, 3.63) is 11.6 Å². The molecule has 2 heteroatoms. The van der Waals surface area contributed by atoms with E-state index in [1.54, 1.807) is 12.7 Å². The molecule has 0 aromatic heterocycles. The van der Waals surface area contributed by atoms with Crippen LogP contribution in [0.25, 0.3) is 0 Å². The van der Waals surface area contributed by atoms with Gasteiger partial charge in [0.2, 0.25) is 0 Å². The van der Waals surface area contributed by atoms with Gasteiger partial charge in [-0.2, -0.15) is 0 Å². The first-order valence-electron chi connectivity index (χ1n) is 9.59. The van der Waals surface area contributed by atoms with E-state index in [2.05, 4.69) is 33.8 Å². The maximum absolute atomic E-state index is 12.6. The van der Waals surface area contributed by atoms with Crippen molar-refractivity contribution in [3.8, 4) is 0 Å². The molecule has 0 N–H and O–H groups in total. The van der Waals surface area contributed by atoms with Gasteiger partial charge in [-0.05, 0) is 74.5 Å². The van der Waals surface area contributed by atoms with Crippen LogP contribution in [0.1, 0.15) is 79.1 Å². The standard InChI is InChI=1S/C21H34O2/c1-6-19(2)13-10-16-15(14-19)8-9-17-20(16,3)11-7-12-21(17,4)18(22)23-5/h14,16-17H,6-13H2,1-5H3/t16-,17+,19+,20+,21+/m0/s1. The van der Waals surface area contributed by atoms with Crippen LogP contribution >= 0.6 is 0 Å². The van der Waals surface area contributed by atoms with Crippen molar-refractivity contribution in [3.63, 3.8) is 0 Å². The molecule has 0 unspecified atom stereocenters. The summed E-state index contributed by atoms with van der Waals surface area (Å²) in [6.07, 6.45) is 12.2. The van der Waals surface area contributed by atoms with E-state index in [9.17, 15) is 4.79 Å². The highest BCUT2D eigenvalue weighted by molar-refractivity contribution is 5.77. The molecular formula is C21H34O2. The maximum atomic E-state index is 12.6. The Morgan fingerprint density at radius 2 is 1.96 bits per heavy atom. The number of ether oxygens (including phenoxy) is 1. The molecule has 0 bridgehead atoms. The number of allylic oxidation sites excluding steroid dienone is 2. The predicted molar refractivity (Wildman–Crippen MR) is 94.0 cm³/mol. The number of esters is 1. The van der Waals surface area contributed by atoms with Gasteiger partial charge in [0, 0.05) is 0 Å². The molecule has 2 nitrogen and oxygen atoms in total. The number of hydrogen-bond acceptors (Lipinski definition) is 2. The fraction of sp³-hybridized carbons (Fsp3) is 0.857. The molecule has 3 aliphatic carbocycles. The Morgan fingerprint density at radius 3 is 2.61 bits per heavy atom. The van der Waals surface area contributed by atoms with E-state index in [0.717, 1.165) is 19.3 Å². The number of hydrogen-bond donors (Lipinski definition) is 0. The van der Waals surface area contributed by atoms with Crippen LogP contribution in [0.4, 0.5) is 0 Å². The molecule has 2 saturated carbocycles. The highest BCUT2D eigenvalue weighted by Crippen LogP contribution is 2.64. The van der Waals surface area contributed by atoms with Crippen molar-refractivity contribution in [2.75, 3.05) is 7.11 Å². The van der Waals surface area contributed by atoms with Crippen LogP contribution in [0, 0.1) is 28.1 Å². The van der Waals surface area contributed by atoms with E-state index in [-0.39, 0.29) is 16.8 Å². The first kappa shape index (κ1) is 17.0. The van der Waals surface area contributed by atoms with Crippen molar-refractivity contribution in [1.29, 1.82) is 0 Å². The maximum Gasteiger partial charge on any atom is 0.311 e. The summed E-state index contributed by atoms with van der Waals surface area (Å²) in [6, 6.07) is 0. The van der Waals surface area contributed by atoms with Crippen LogP contribution < -0.4 is 0 Å². The Labute approximate surface area is 142 Å². The van der Waals surface area contributed by atoms with E-state index >= 15 is 0 Å². The normalized spacial score (nSPS) is 46.4. The van der Waals surface area contributed by atoms with Gasteiger partial charge in [-0.25, -0.2) is 0 Å². The fourth-order valence-electron chi connectivity index (χ4n) is 6.32. The lowest BCUT2D eigenvalue weighted by molar-refractivity contribution is -0.168. The molecular weight excluding hydrogens is 284 g/mol. The summed E-state index contributed by atoms with van der Waals surface area (Å²) >= 11 is 0. The van der Waals surface area contributed by atoms with Gasteiger partial charge in [0.15, 0.2) is 0 Å². The fourth-order valence-corrected chi connectivity index (χ4v) is 6.32. The van der Waals surface area contributed by atoms with Gasteiger partial charge < -0.3 is 4.74 Å². The molecule has 0 radical (unpaired) electrons. The molecule has 0 heterocycles. The van der Waals surface area contributed by atoms with Gasteiger partial charge in [-0.3, -0.25) is 4.79 Å². The zero-order chi connectivity index (χ0) is 16.9. The molecule has 3 rings (SSSR count). The van der Waals surface area contributed by atoms with Crippen LogP contribution in [0.2, 0.25) is 0 Å². The van der Waals surface area contributed by atoms with Crippen molar-refractivity contribution >= 4 is 5.97 Å². The lowest BCUT2D eigenvalue weighted by Gasteiger charge is -2.59. The number of carbonyl (C=O) groups excluding carboxylic acids is 1. The number of methoxy groups -OCH3 is 1. The molecule has 2 fully saturated rings. The molecule has 0 aliphatic heterocycles. The smallest absolute Gasteiger partial charge is 0.311 e. The summed E-state index contributed by atoms with van der Waals surface area (Å²) in [6.45, 7) is 9.39. The topological polar surface area (TPSA) is 26.3 Å². The highest BCUT2D eigenvalue weighted by Gasteiger charge is 2.58. The molecule has 130 valence electrons. The first-order chi connectivity index (χ1) is 10.8. The molecule has 5 atom stereocenters. The largest absolute Gasteiger partial charge is 0.469 e. The van der Waals surface area contributed by atoms with Crippen LogP contribution in [-0.2, 0) is 9.53 Å². The summed E-state index contributed by atoms with van der Waals surface area (Å²) in [7, 11) is 1.56. The SMILES string of the molecule is CC[C@@]1(C)C=C2CC[C@@H]3[C@](C)(CCC[C@@]3(C)C(=O)OC)[C@H]2CC1. The van der Waals surface area contributed by atoms with Gasteiger partial charge in [-0.15, -0.1) is 0 Å². The van der Waals surface area contributed by atoms with Gasteiger partial charge in [-0.1, -0.05) is 38.8 Å². The van der Waals surface area contributed by atoms with Crippen molar-refractivity contribution in [2.24, 2.45) is 28.1 Å². The second-order valence-corrected chi connectivity index (χ2v) is 9.18. The first-order valence-corrected chi connectivity index (χ1v) is 9.59. The van der Waals surface area contributed by atoms with Crippen molar-refractivity contribution in [2.45, 2.75) is 79.1 Å². The molecule has 3 aliphatic rings. The van der Waals surface area contributed by atoms with Crippen LogP contribution in [-0.4, -0.2) is 13.1 Å². The minimum atomic E-state index is -0.279. The second-order valence-electron chi connectivity index (χ2n) is 9.18. The third kappa shape index (κ3) is 2.48. The van der Waals surface area contributed by atoms with E-state index < -0.39 is 0 Å². The molecule has 0 aromatic rings. The number of fused-ring (bicyclic) bond motifs is 3. The van der Waals surface area contributed by atoms with Gasteiger partial charge in [0.05, 0.1) is 12.5 Å². The van der Waals surface area contributed by atoms with Gasteiger partial charge >= 0.3 is 5.97 Å². The Hall–Kier alpha value is -0.790. The summed E-state index contributed by atoms with van der Waals surface area (Å²) in [5, 5.41) is 0. The molecule has 0 amide bonds. The average molecular weight is 319 g/mol. The number of carbonyl (C=O) groups is 1. The third-order valence-corrected chi connectivity index (χ3v) is 7.94. The van der Waals surface area contributed by atoms with Crippen molar-refractivity contribution < 1.29 is 9.53 Å². The molecule has 0 aromatic carbocycles.